The number of carboxylic acid groups (broad SMARTS) is 1. The fourth-order valence-electron chi connectivity index (χ4n) is 7.53. The maximum Gasteiger partial charge on any atom is 0.346 e. The van der Waals surface area contributed by atoms with Crippen LogP contribution in [0.3, 0.4) is 0 Å². The summed E-state index contributed by atoms with van der Waals surface area (Å²) in [5.74, 6) is 0.0466. The maximum atomic E-state index is 11.4. The van der Waals surface area contributed by atoms with Crippen molar-refractivity contribution in [2.24, 2.45) is 0 Å². The standard InChI is InChI=1S/C40H41N5O3/c1-3-4-5-6-7-8-22-44-42-38-31(18-19-33(39(38)43-44)37-21-17-30(48-37)23-28(25-41)40(46)47)27-14-20-36-34(24-27)32-10-9-11-35(32)45(36)29-15-12-26(2)13-16-29/h12-21,23-24,32,35H,3-11,22H2,1-2H3,(H,46,47)/b28-23+. The van der Waals surface area contributed by atoms with E-state index in [1.165, 1.54) is 73.5 Å². The van der Waals surface area contributed by atoms with Crippen LogP contribution in [0.4, 0.5) is 11.4 Å². The van der Waals surface area contributed by atoms with Crippen LogP contribution >= 0.6 is 0 Å². The highest BCUT2D eigenvalue weighted by molar-refractivity contribution is 6.00. The number of fused-ring (bicyclic) bond motifs is 4. The molecule has 1 aliphatic carbocycles. The molecule has 1 aliphatic heterocycles. The number of nitriles is 1. The molecular formula is C40H41N5O3. The first-order valence-corrected chi connectivity index (χ1v) is 17.3. The van der Waals surface area contributed by atoms with Gasteiger partial charge in [-0.2, -0.15) is 20.3 Å². The zero-order chi connectivity index (χ0) is 33.2. The molecule has 2 aromatic heterocycles. The summed E-state index contributed by atoms with van der Waals surface area (Å²) in [6, 6.07) is 25.5. The normalized spacial score (nSPS) is 17.1. The van der Waals surface area contributed by atoms with Gasteiger partial charge >= 0.3 is 5.97 Å². The molecule has 2 unspecified atom stereocenters. The highest BCUT2D eigenvalue weighted by atomic mass is 16.4. The molecule has 7 rings (SSSR count). The quantitative estimate of drug-likeness (QED) is 0.0822. The lowest BCUT2D eigenvalue weighted by molar-refractivity contribution is -0.132. The second kappa shape index (κ2) is 13.5. The van der Waals surface area contributed by atoms with E-state index in [0.717, 1.165) is 47.1 Å². The summed E-state index contributed by atoms with van der Waals surface area (Å²) in [5.41, 5.74) is 9.31. The molecular weight excluding hydrogens is 598 g/mol. The van der Waals surface area contributed by atoms with Gasteiger partial charge in [-0.05, 0) is 79.8 Å². The van der Waals surface area contributed by atoms with Crippen molar-refractivity contribution in [2.75, 3.05) is 4.90 Å². The first-order chi connectivity index (χ1) is 23.4. The van der Waals surface area contributed by atoms with Crippen LogP contribution in [0.5, 0.6) is 0 Å². The summed E-state index contributed by atoms with van der Waals surface area (Å²) in [6.07, 6.45) is 12.0. The second-order valence-corrected chi connectivity index (χ2v) is 13.2. The Morgan fingerprint density at radius 1 is 0.958 bits per heavy atom. The van der Waals surface area contributed by atoms with Gasteiger partial charge in [0, 0.05) is 40.5 Å². The fraction of sp³-hybridized carbons (Fsp3) is 0.350. The molecule has 0 bridgehead atoms. The van der Waals surface area contributed by atoms with E-state index in [4.69, 9.17) is 14.6 Å². The number of hydrogen-bond donors (Lipinski definition) is 1. The van der Waals surface area contributed by atoms with E-state index in [2.05, 4.69) is 67.3 Å². The van der Waals surface area contributed by atoms with Crippen LogP contribution in [-0.4, -0.2) is 32.1 Å². The third kappa shape index (κ3) is 6.01. The Labute approximate surface area is 281 Å². The van der Waals surface area contributed by atoms with E-state index < -0.39 is 5.97 Å². The van der Waals surface area contributed by atoms with Crippen LogP contribution in [0.1, 0.15) is 87.5 Å². The largest absolute Gasteiger partial charge is 0.477 e. The van der Waals surface area contributed by atoms with Crippen LogP contribution in [0.25, 0.3) is 39.6 Å². The van der Waals surface area contributed by atoms with E-state index in [1.807, 2.05) is 10.9 Å². The number of aryl methyl sites for hydroxylation is 2. The molecule has 2 atom stereocenters. The molecule has 0 saturated heterocycles. The van der Waals surface area contributed by atoms with Gasteiger partial charge in [0.1, 0.15) is 34.2 Å². The number of carbonyl (C=O) groups is 1. The molecule has 1 fully saturated rings. The predicted octanol–water partition coefficient (Wildman–Crippen LogP) is 9.81. The predicted molar refractivity (Wildman–Crippen MR) is 189 cm³/mol. The Bertz CT molecular complexity index is 2030. The third-order valence-electron chi connectivity index (χ3n) is 9.94. The number of aliphatic carboxylic acids is 1. The summed E-state index contributed by atoms with van der Waals surface area (Å²) in [7, 11) is 0. The molecule has 48 heavy (non-hydrogen) atoms. The first-order valence-electron chi connectivity index (χ1n) is 17.3. The topological polar surface area (TPSA) is 108 Å². The van der Waals surface area contributed by atoms with Crippen LogP contribution in [0.15, 0.2) is 76.7 Å². The number of aromatic nitrogens is 3. The zero-order valence-corrected chi connectivity index (χ0v) is 27.7. The van der Waals surface area contributed by atoms with Crippen LogP contribution in [0, 0.1) is 18.3 Å². The number of benzene rings is 3. The lowest BCUT2D eigenvalue weighted by Crippen LogP contribution is -2.26. The van der Waals surface area contributed by atoms with Crippen molar-refractivity contribution in [1.29, 1.82) is 5.26 Å². The third-order valence-corrected chi connectivity index (χ3v) is 9.94. The maximum absolute atomic E-state index is 11.4. The monoisotopic (exact) mass is 639 g/mol. The summed E-state index contributed by atoms with van der Waals surface area (Å²) in [5, 5.41) is 28.6. The van der Waals surface area contributed by atoms with Gasteiger partial charge in [0.05, 0.1) is 6.54 Å². The van der Waals surface area contributed by atoms with Gasteiger partial charge in [-0.3, -0.25) is 0 Å². The summed E-state index contributed by atoms with van der Waals surface area (Å²) < 4.78 is 6.05. The number of nitrogens with zero attached hydrogens (tertiary/aromatic N) is 5. The van der Waals surface area contributed by atoms with Gasteiger partial charge < -0.3 is 14.4 Å². The Balaban J connectivity index is 1.27. The molecule has 0 amide bonds. The van der Waals surface area contributed by atoms with Crippen molar-refractivity contribution >= 4 is 34.5 Å². The SMILES string of the molecule is CCCCCCCCn1nc2c(-c3ccc4c(c3)C3CCCC3N4c3ccc(C)cc3)ccc(-c3ccc(/C=C(\C#N)C(=O)O)o3)c2n1. The molecule has 1 N–H and O–H groups in total. The van der Waals surface area contributed by atoms with E-state index in [9.17, 15) is 15.2 Å². The van der Waals surface area contributed by atoms with E-state index in [1.54, 1.807) is 18.2 Å². The van der Waals surface area contributed by atoms with E-state index in [0.29, 0.717) is 23.5 Å². The minimum Gasteiger partial charge on any atom is -0.477 e. The van der Waals surface area contributed by atoms with Gasteiger partial charge in [0.15, 0.2) is 0 Å². The van der Waals surface area contributed by atoms with Crippen molar-refractivity contribution in [3.8, 4) is 28.5 Å². The van der Waals surface area contributed by atoms with Gasteiger partial charge in [0.25, 0.3) is 0 Å². The van der Waals surface area contributed by atoms with Crippen molar-refractivity contribution in [3.05, 3.63) is 89.2 Å². The molecule has 8 nitrogen and oxygen atoms in total. The average molecular weight is 640 g/mol. The minimum atomic E-state index is -1.29. The molecule has 5 aromatic rings. The van der Waals surface area contributed by atoms with Gasteiger partial charge in [0.2, 0.25) is 0 Å². The second-order valence-electron chi connectivity index (χ2n) is 13.2. The molecule has 3 heterocycles. The average Bonchev–Trinajstić information content (AvgIpc) is 3.89. The molecule has 2 aliphatic rings. The van der Waals surface area contributed by atoms with Crippen molar-refractivity contribution in [2.45, 2.75) is 90.1 Å². The van der Waals surface area contributed by atoms with Crippen LogP contribution < -0.4 is 4.90 Å². The smallest absolute Gasteiger partial charge is 0.346 e. The zero-order valence-electron chi connectivity index (χ0n) is 27.7. The Hall–Kier alpha value is -5.16. The van der Waals surface area contributed by atoms with Crippen molar-refractivity contribution < 1.29 is 14.3 Å². The number of unbranched alkanes of at least 4 members (excludes halogenated alkanes) is 5. The first kappa shape index (κ1) is 31.4. The fourth-order valence-corrected chi connectivity index (χ4v) is 7.53. The Kier molecular flexibility index (Phi) is 8.86. The molecule has 3 aromatic carbocycles. The lowest BCUT2D eigenvalue weighted by Gasteiger charge is -2.27. The molecule has 0 spiro atoms. The highest BCUT2D eigenvalue weighted by Gasteiger charge is 2.42. The summed E-state index contributed by atoms with van der Waals surface area (Å²) in [6.45, 7) is 5.10. The number of rotatable bonds is 12. The Morgan fingerprint density at radius 3 is 2.48 bits per heavy atom. The number of carboxylic acids is 1. The Morgan fingerprint density at radius 2 is 1.71 bits per heavy atom. The highest BCUT2D eigenvalue weighted by Crippen LogP contribution is 2.53. The molecule has 8 heteroatoms. The minimum absolute atomic E-state index is 0.295. The van der Waals surface area contributed by atoms with Crippen LogP contribution in [-0.2, 0) is 11.3 Å². The van der Waals surface area contributed by atoms with E-state index >= 15 is 0 Å². The van der Waals surface area contributed by atoms with Gasteiger partial charge in [-0.25, -0.2) is 4.79 Å². The van der Waals surface area contributed by atoms with Gasteiger partial charge in [-0.15, -0.1) is 0 Å². The lowest BCUT2D eigenvalue weighted by atomic mass is 9.93. The van der Waals surface area contributed by atoms with Crippen LogP contribution in [0.2, 0.25) is 0 Å². The van der Waals surface area contributed by atoms with Gasteiger partial charge in [-0.1, -0.05) is 75.3 Å². The number of furan rings is 1. The number of hydrogen-bond acceptors (Lipinski definition) is 6. The molecule has 244 valence electrons. The van der Waals surface area contributed by atoms with Crippen molar-refractivity contribution in [1.82, 2.24) is 15.0 Å². The number of anilines is 2. The molecule has 1 saturated carbocycles. The van der Waals surface area contributed by atoms with Crippen molar-refractivity contribution in [3.63, 3.8) is 0 Å². The van der Waals surface area contributed by atoms with E-state index in [-0.39, 0.29) is 5.57 Å². The summed E-state index contributed by atoms with van der Waals surface area (Å²) in [4.78, 5) is 15.8. The summed E-state index contributed by atoms with van der Waals surface area (Å²) >= 11 is 0. The molecule has 0 radical (unpaired) electrons.